The van der Waals surface area contributed by atoms with Crippen LogP contribution in [0, 0.1) is 0 Å². The van der Waals surface area contributed by atoms with Gasteiger partial charge in [0.15, 0.2) is 0 Å². The molecule has 0 bridgehead atoms. The molecule has 1 aliphatic heterocycles. The molecule has 11 heteroatoms. The molecule has 0 aliphatic carbocycles. The van der Waals surface area contributed by atoms with Gasteiger partial charge in [-0.1, -0.05) is 6.07 Å². The number of para-hydroxylation sites is 1. The Morgan fingerprint density at radius 3 is 2.51 bits per heavy atom. The topological polar surface area (TPSA) is 130 Å². The van der Waals surface area contributed by atoms with Crippen molar-refractivity contribution in [3.63, 3.8) is 0 Å². The maximum absolute atomic E-state index is 13.1. The standard InChI is InChI=1S/C26H28N6O4S/c1-2-32-18-19(17-29-32)16-26(34)10-14-31(15-11-26)25(33)20-6-8-21(9-7-20)30-37(35,36)23-5-3-4-22-24(23)28-13-12-27-22/h3-9,12-13,17-18,30,34H,2,10-11,14-16H2,1H3. The molecule has 0 unspecified atom stereocenters. The lowest BCUT2D eigenvalue weighted by Gasteiger charge is -2.38. The Kier molecular flexibility index (Phi) is 6.65. The second-order valence-corrected chi connectivity index (χ2v) is 10.9. The van der Waals surface area contributed by atoms with Gasteiger partial charge in [-0.25, -0.2) is 8.42 Å². The van der Waals surface area contributed by atoms with Crippen LogP contribution in [0.25, 0.3) is 11.0 Å². The number of nitrogens with one attached hydrogen (secondary N) is 1. The van der Waals surface area contributed by atoms with E-state index in [0.717, 1.165) is 12.1 Å². The largest absolute Gasteiger partial charge is 0.389 e. The molecule has 2 N–H and O–H groups in total. The van der Waals surface area contributed by atoms with Gasteiger partial charge in [-0.05, 0) is 61.7 Å². The van der Waals surface area contributed by atoms with Crippen molar-refractivity contribution in [1.82, 2.24) is 24.6 Å². The minimum absolute atomic E-state index is 0.0288. The second kappa shape index (κ2) is 9.91. The summed E-state index contributed by atoms with van der Waals surface area (Å²) in [4.78, 5) is 23.1. The molecule has 1 aliphatic rings. The molecular weight excluding hydrogens is 492 g/mol. The predicted octanol–water partition coefficient (Wildman–Crippen LogP) is 2.86. The van der Waals surface area contributed by atoms with Gasteiger partial charge in [-0.15, -0.1) is 0 Å². The summed E-state index contributed by atoms with van der Waals surface area (Å²) in [7, 11) is -3.91. The van der Waals surface area contributed by atoms with E-state index in [2.05, 4.69) is 19.8 Å². The van der Waals surface area contributed by atoms with Gasteiger partial charge in [-0.2, -0.15) is 5.10 Å². The number of aryl methyl sites for hydroxylation is 1. The van der Waals surface area contributed by atoms with Crippen molar-refractivity contribution < 1.29 is 18.3 Å². The highest BCUT2D eigenvalue weighted by Crippen LogP contribution is 2.28. The molecule has 0 spiro atoms. The first-order valence-electron chi connectivity index (χ1n) is 12.1. The Hall–Kier alpha value is -3.83. The van der Waals surface area contributed by atoms with Crippen LogP contribution in [0.4, 0.5) is 5.69 Å². The van der Waals surface area contributed by atoms with E-state index in [4.69, 9.17) is 0 Å². The molecule has 0 radical (unpaired) electrons. The Morgan fingerprint density at radius 1 is 1.08 bits per heavy atom. The average molecular weight is 521 g/mol. The lowest BCUT2D eigenvalue weighted by molar-refractivity contribution is -0.0162. The number of sulfonamides is 1. The number of hydrogen-bond donors (Lipinski definition) is 2. The molecule has 0 atom stereocenters. The Balaban J connectivity index is 1.22. The number of piperidine rings is 1. The van der Waals surface area contributed by atoms with E-state index in [9.17, 15) is 18.3 Å². The minimum atomic E-state index is -3.91. The quantitative estimate of drug-likeness (QED) is 0.383. The summed E-state index contributed by atoms with van der Waals surface area (Å²) >= 11 is 0. The third-order valence-corrected chi connectivity index (χ3v) is 8.07. The maximum Gasteiger partial charge on any atom is 0.264 e. The van der Waals surface area contributed by atoms with Crippen LogP contribution in [-0.2, 0) is 23.0 Å². The van der Waals surface area contributed by atoms with E-state index in [-0.39, 0.29) is 16.3 Å². The Labute approximate surface area is 215 Å². The first-order chi connectivity index (χ1) is 17.8. The summed E-state index contributed by atoms with van der Waals surface area (Å²) in [6.07, 6.45) is 8.13. The van der Waals surface area contributed by atoms with Crippen LogP contribution >= 0.6 is 0 Å². The number of carbonyl (C=O) groups excluding carboxylic acids is 1. The van der Waals surface area contributed by atoms with Crippen LogP contribution in [0.2, 0.25) is 0 Å². The van der Waals surface area contributed by atoms with Gasteiger partial charge in [0.25, 0.3) is 15.9 Å². The van der Waals surface area contributed by atoms with Gasteiger partial charge in [-0.3, -0.25) is 24.2 Å². The van der Waals surface area contributed by atoms with Crippen LogP contribution < -0.4 is 4.72 Å². The highest BCUT2D eigenvalue weighted by molar-refractivity contribution is 7.93. The summed E-state index contributed by atoms with van der Waals surface area (Å²) in [5, 5.41) is 15.3. The molecule has 1 fully saturated rings. The first-order valence-corrected chi connectivity index (χ1v) is 13.6. The van der Waals surface area contributed by atoms with Gasteiger partial charge in [0, 0.05) is 55.9 Å². The monoisotopic (exact) mass is 520 g/mol. The summed E-state index contributed by atoms with van der Waals surface area (Å²) in [6.45, 7) is 3.66. The van der Waals surface area contributed by atoms with Gasteiger partial charge in [0.1, 0.15) is 10.4 Å². The Bertz CT molecular complexity index is 1520. The molecule has 1 saturated heterocycles. The van der Waals surface area contributed by atoms with Crippen molar-refractivity contribution >= 4 is 32.7 Å². The number of hydrogen-bond acceptors (Lipinski definition) is 7. The van der Waals surface area contributed by atoms with Gasteiger partial charge >= 0.3 is 0 Å². The number of benzene rings is 2. The number of fused-ring (bicyclic) bond motifs is 1. The van der Waals surface area contributed by atoms with E-state index < -0.39 is 15.6 Å². The number of rotatable bonds is 7. The fourth-order valence-electron chi connectivity index (χ4n) is 4.61. The van der Waals surface area contributed by atoms with Crippen molar-refractivity contribution in [3.05, 3.63) is 78.4 Å². The van der Waals surface area contributed by atoms with E-state index >= 15 is 0 Å². The summed E-state index contributed by atoms with van der Waals surface area (Å²) in [5.74, 6) is -0.153. The number of carbonyl (C=O) groups is 1. The van der Waals surface area contributed by atoms with Crippen molar-refractivity contribution in [3.8, 4) is 0 Å². The maximum atomic E-state index is 13.1. The lowest BCUT2D eigenvalue weighted by Crippen LogP contribution is -2.47. The van der Waals surface area contributed by atoms with Crippen molar-refractivity contribution in [2.75, 3.05) is 17.8 Å². The fourth-order valence-corrected chi connectivity index (χ4v) is 5.84. The molecule has 2 aromatic heterocycles. The molecule has 10 nitrogen and oxygen atoms in total. The number of amides is 1. The second-order valence-electron chi connectivity index (χ2n) is 9.26. The molecule has 4 aromatic rings. The van der Waals surface area contributed by atoms with Crippen LogP contribution in [0.15, 0.2) is 72.1 Å². The molecule has 2 aromatic carbocycles. The zero-order chi connectivity index (χ0) is 26.0. The zero-order valence-electron chi connectivity index (χ0n) is 20.4. The first kappa shape index (κ1) is 24.8. The average Bonchev–Trinajstić information content (AvgIpc) is 3.35. The van der Waals surface area contributed by atoms with Crippen LogP contribution in [-0.4, -0.2) is 62.8 Å². The highest BCUT2D eigenvalue weighted by Gasteiger charge is 2.34. The molecule has 3 heterocycles. The molecule has 5 rings (SSSR count). The van der Waals surface area contributed by atoms with Gasteiger partial charge in [0.2, 0.25) is 0 Å². The van der Waals surface area contributed by atoms with Gasteiger partial charge in [0.05, 0.1) is 17.3 Å². The summed E-state index contributed by atoms with van der Waals surface area (Å²) in [5.41, 5.74) is 1.67. The van der Waals surface area contributed by atoms with E-state index in [1.165, 1.54) is 18.5 Å². The van der Waals surface area contributed by atoms with Crippen molar-refractivity contribution in [2.24, 2.45) is 0 Å². The third kappa shape index (κ3) is 5.32. The van der Waals surface area contributed by atoms with E-state index in [0.29, 0.717) is 49.1 Å². The molecule has 1 amide bonds. The highest BCUT2D eigenvalue weighted by atomic mass is 32.2. The normalized spacial score (nSPS) is 15.6. The molecule has 192 valence electrons. The number of likely N-dealkylation sites (tertiary alicyclic amines) is 1. The van der Waals surface area contributed by atoms with Crippen LogP contribution in [0.1, 0.15) is 35.7 Å². The number of aliphatic hydroxyl groups is 1. The smallest absolute Gasteiger partial charge is 0.264 e. The summed E-state index contributed by atoms with van der Waals surface area (Å²) in [6, 6.07) is 11.1. The predicted molar refractivity (Wildman–Crippen MR) is 138 cm³/mol. The third-order valence-electron chi connectivity index (χ3n) is 6.66. The van der Waals surface area contributed by atoms with E-state index in [1.807, 2.05) is 17.8 Å². The molecular formula is C26H28N6O4S. The fraction of sp³-hybridized carbons (Fsp3) is 0.308. The Morgan fingerprint density at radius 2 is 1.81 bits per heavy atom. The molecule has 0 saturated carbocycles. The number of aromatic nitrogens is 4. The number of nitrogens with zero attached hydrogens (tertiary/aromatic N) is 5. The van der Waals surface area contributed by atoms with Crippen molar-refractivity contribution in [1.29, 1.82) is 0 Å². The summed E-state index contributed by atoms with van der Waals surface area (Å²) < 4.78 is 30.4. The minimum Gasteiger partial charge on any atom is -0.389 e. The SMILES string of the molecule is CCn1cc(CC2(O)CCN(C(=O)c3ccc(NS(=O)(=O)c4cccc5nccnc45)cc3)CC2)cn1. The van der Waals surface area contributed by atoms with E-state index in [1.54, 1.807) is 47.5 Å². The van der Waals surface area contributed by atoms with Crippen LogP contribution in [0.5, 0.6) is 0 Å². The zero-order valence-corrected chi connectivity index (χ0v) is 21.2. The number of anilines is 1. The van der Waals surface area contributed by atoms with Crippen LogP contribution in [0.3, 0.4) is 0 Å². The van der Waals surface area contributed by atoms with Gasteiger partial charge < -0.3 is 10.0 Å². The van der Waals surface area contributed by atoms with Crippen molar-refractivity contribution in [2.45, 2.75) is 43.2 Å². The molecule has 37 heavy (non-hydrogen) atoms. The lowest BCUT2D eigenvalue weighted by atomic mass is 9.86.